The molecular formula is C24H26FN3O3. The minimum Gasteiger partial charge on any atom is -0.463 e. The molecule has 2 aliphatic rings. The van der Waals surface area contributed by atoms with Crippen molar-refractivity contribution in [3.8, 4) is 0 Å². The highest BCUT2D eigenvalue weighted by Crippen LogP contribution is 2.34. The van der Waals surface area contributed by atoms with Crippen LogP contribution in [0.3, 0.4) is 0 Å². The first kappa shape index (κ1) is 19.8. The highest BCUT2D eigenvalue weighted by molar-refractivity contribution is 6.02. The topological polar surface area (TPSA) is 67.5 Å². The third-order valence-corrected chi connectivity index (χ3v) is 6.71. The van der Waals surface area contributed by atoms with Gasteiger partial charge < -0.3 is 19.2 Å². The van der Waals surface area contributed by atoms with Crippen molar-refractivity contribution in [2.24, 2.45) is 0 Å². The molecule has 5 rings (SSSR count). The molecule has 1 aliphatic heterocycles. The molecule has 162 valence electrons. The molecule has 3 heterocycles. The second-order valence-electron chi connectivity index (χ2n) is 8.89. The number of carbonyl (C=O) groups is 2. The Bertz CT molecular complexity index is 1140. The van der Waals surface area contributed by atoms with Crippen LogP contribution >= 0.6 is 0 Å². The van der Waals surface area contributed by atoms with E-state index in [0.29, 0.717) is 23.4 Å². The fraction of sp³-hybridized carbons (Fsp3) is 0.417. The number of nitrogens with one attached hydrogen (secondary N) is 1. The molecule has 6 nitrogen and oxygen atoms in total. The Morgan fingerprint density at radius 1 is 1.23 bits per heavy atom. The van der Waals surface area contributed by atoms with Crippen LogP contribution in [0.4, 0.5) is 4.39 Å². The number of fused-ring (bicyclic) bond motifs is 3. The number of furan rings is 1. The first-order valence-electron chi connectivity index (χ1n) is 10.9. The first-order chi connectivity index (χ1) is 15.0. The quantitative estimate of drug-likeness (QED) is 0.683. The van der Waals surface area contributed by atoms with Crippen molar-refractivity contribution in [2.75, 3.05) is 0 Å². The molecule has 1 fully saturated rings. The fourth-order valence-electron chi connectivity index (χ4n) is 4.93. The lowest BCUT2D eigenvalue weighted by Gasteiger charge is -2.44. The summed E-state index contributed by atoms with van der Waals surface area (Å²) < 4.78 is 21.2. The van der Waals surface area contributed by atoms with E-state index in [9.17, 15) is 14.0 Å². The Labute approximate surface area is 180 Å². The highest BCUT2D eigenvalue weighted by Gasteiger charge is 2.48. The molecule has 1 N–H and O–H groups in total. The van der Waals surface area contributed by atoms with Gasteiger partial charge in [0.2, 0.25) is 5.91 Å². The van der Waals surface area contributed by atoms with Gasteiger partial charge in [0.1, 0.15) is 17.1 Å². The minimum absolute atomic E-state index is 0.129. The molecule has 3 aromatic rings. The Morgan fingerprint density at radius 2 is 2.03 bits per heavy atom. The van der Waals surface area contributed by atoms with Gasteiger partial charge in [-0.05, 0) is 37.5 Å². The molecule has 2 aromatic heterocycles. The zero-order valence-electron chi connectivity index (χ0n) is 17.6. The van der Waals surface area contributed by atoms with E-state index in [0.717, 1.165) is 31.2 Å². The van der Waals surface area contributed by atoms with Crippen molar-refractivity contribution in [1.82, 2.24) is 14.8 Å². The zero-order chi connectivity index (χ0) is 21.6. The molecule has 1 aliphatic carbocycles. The van der Waals surface area contributed by atoms with Gasteiger partial charge in [-0.2, -0.15) is 0 Å². The number of hydrogen-bond donors (Lipinski definition) is 1. The summed E-state index contributed by atoms with van der Waals surface area (Å²) in [7, 11) is 0. The van der Waals surface area contributed by atoms with E-state index in [4.69, 9.17) is 4.42 Å². The van der Waals surface area contributed by atoms with E-state index in [1.165, 1.54) is 18.6 Å². The molecule has 31 heavy (non-hydrogen) atoms. The molecule has 1 saturated carbocycles. The van der Waals surface area contributed by atoms with Crippen LogP contribution in [0, 0.1) is 5.82 Å². The van der Waals surface area contributed by atoms with Crippen LogP contribution in [0.15, 0.2) is 47.1 Å². The van der Waals surface area contributed by atoms with Gasteiger partial charge >= 0.3 is 0 Å². The fourth-order valence-corrected chi connectivity index (χ4v) is 4.93. The Morgan fingerprint density at radius 3 is 2.81 bits per heavy atom. The van der Waals surface area contributed by atoms with Crippen LogP contribution in [-0.4, -0.2) is 32.9 Å². The molecule has 2 amide bonds. The summed E-state index contributed by atoms with van der Waals surface area (Å²) in [5, 5.41) is 3.20. The van der Waals surface area contributed by atoms with E-state index in [1.807, 2.05) is 10.6 Å². The summed E-state index contributed by atoms with van der Waals surface area (Å²) in [5.41, 5.74) is 1.43. The molecule has 0 bridgehead atoms. The summed E-state index contributed by atoms with van der Waals surface area (Å²) in [5.74, 6) is -0.792. The Hall–Kier alpha value is -3.09. The molecule has 0 unspecified atom stereocenters. The van der Waals surface area contributed by atoms with Gasteiger partial charge in [-0.3, -0.25) is 9.59 Å². The van der Waals surface area contributed by atoms with Crippen molar-refractivity contribution >= 4 is 22.9 Å². The normalized spacial score (nSPS) is 22.0. The standard InChI is InChI=1S/C24H26FN3O3/c1-24(23(30)26-18-8-3-2-4-9-18)15-27-19-10-11-31-21(19)13-20(27)22(29)28(24)14-16-6-5-7-17(25)12-16/h5-7,10-13,18H,2-4,8-9,14-15H2,1H3,(H,26,30)/t24-/m0/s1. The van der Waals surface area contributed by atoms with Crippen LogP contribution in [0.25, 0.3) is 11.1 Å². The average Bonchev–Trinajstić information content (AvgIpc) is 3.34. The van der Waals surface area contributed by atoms with E-state index in [2.05, 4.69) is 5.32 Å². The molecule has 7 heteroatoms. The van der Waals surface area contributed by atoms with Gasteiger partial charge in [-0.25, -0.2) is 4.39 Å². The molecule has 1 atom stereocenters. The summed E-state index contributed by atoms with van der Waals surface area (Å²) in [6, 6.07) is 9.83. The lowest BCUT2D eigenvalue weighted by Crippen LogP contribution is -2.64. The maximum absolute atomic E-state index is 13.8. The highest BCUT2D eigenvalue weighted by atomic mass is 19.1. The third kappa shape index (κ3) is 3.42. The SMILES string of the molecule is C[C@@]1(C(=O)NC2CCCCC2)Cn2c(cc3occc32)C(=O)N1Cc1cccc(F)c1. The lowest BCUT2D eigenvalue weighted by atomic mass is 9.91. The second kappa shape index (κ2) is 7.55. The summed E-state index contributed by atoms with van der Waals surface area (Å²) in [4.78, 5) is 28.7. The molecule has 0 spiro atoms. The smallest absolute Gasteiger partial charge is 0.271 e. The summed E-state index contributed by atoms with van der Waals surface area (Å²) in [6.45, 7) is 2.26. The van der Waals surface area contributed by atoms with Crippen molar-refractivity contribution < 1.29 is 18.4 Å². The predicted octanol–water partition coefficient (Wildman–Crippen LogP) is 4.24. The second-order valence-corrected chi connectivity index (χ2v) is 8.89. The van der Waals surface area contributed by atoms with Gasteiger partial charge in [0.15, 0.2) is 5.58 Å². The van der Waals surface area contributed by atoms with Crippen LogP contribution in [-0.2, 0) is 17.9 Å². The van der Waals surface area contributed by atoms with E-state index >= 15 is 0 Å². The first-order valence-corrected chi connectivity index (χ1v) is 10.9. The van der Waals surface area contributed by atoms with Gasteiger partial charge in [0.25, 0.3) is 5.91 Å². The maximum Gasteiger partial charge on any atom is 0.271 e. The monoisotopic (exact) mass is 423 g/mol. The maximum atomic E-state index is 13.8. The van der Waals surface area contributed by atoms with Gasteiger partial charge in [-0.1, -0.05) is 31.4 Å². The van der Waals surface area contributed by atoms with Crippen LogP contribution < -0.4 is 5.32 Å². The summed E-state index contributed by atoms with van der Waals surface area (Å²) in [6.07, 6.45) is 6.90. The number of halogens is 1. The largest absolute Gasteiger partial charge is 0.463 e. The van der Waals surface area contributed by atoms with E-state index < -0.39 is 5.54 Å². The number of hydrogen-bond acceptors (Lipinski definition) is 3. The van der Waals surface area contributed by atoms with E-state index in [-0.39, 0.29) is 30.2 Å². The lowest BCUT2D eigenvalue weighted by molar-refractivity contribution is -0.134. The Balaban J connectivity index is 1.53. The minimum atomic E-state index is -1.11. The Kier molecular flexibility index (Phi) is 4.84. The third-order valence-electron chi connectivity index (χ3n) is 6.71. The van der Waals surface area contributed by atoms with Crippen molar-refractivity contribution in [3.63, 3.8) is 0 Å². The molecular weight excluding hydrogens is 397 g/mol. The van der Waals surface area contributed by atoms with Crippen LogP contribution in [0.1, 0.15) is 55.1 Å². The molecule has 0 saturated heterocycles. The number of rotatable bonds is 4. The van der Waals surface area contributed by atoms with Crippen LogP contribution in [0.5, 0.6) is 0 Å². The van der Waals surface area contributed by atoms with Gasteiger partial charge in [-0.15, -0.1) is 0 Å². The zero-order valence-corrected chi connectivity index (χ0v) is 17.6. The average molecular weight is 423 g/mol. The predicted molar refractivity (Wildman–Crippen MR) is 114 cm³/mol. The molecule has 1 aromatic carbocycles. The number of carbonyl (C=O) groups excluding carboxylic acids is 2. The van der Waals surface area contributed by atoms with Gasteiger partial charge in [0, 0.05) is 24.7 Å². The van der Waals surface area contributed by atoms with Crippen molar-refractivity contribution in [3.05, 3.63) is 59.7 Å². The number of benzene rings is 1. The summed E-state index contributed by atoms with van der Waals surface area (Å²) >= 11 is 0. The van der Waals surface area contributed by atoms with Crippen LogP contribution in [0.2, 0.25) is 0 Å². The molecule has 0 radical (unpaired) electrons. The number of nitrogens with zero attached hydrogens (tertiary/aromatic N) is 2. The number of amides is 2. The van der Waals surface area contributed by atoms with Crippen molar-refractivity contribution in [1.29, 1.82) is 0 Å². The van der Waals surface area contributed by atoms with Gasteiger partial charge in [0.05, 0.1) is 18.3 Å². The number of aromatic nitrogens is 1. The van der Waals surface area contributed by atoms with Crippen molar-refractivity contribution in [2.45, 2.75) is 63.7 Å². The van der Waals surface area contributed by atoms with E-state index in [1.54, 1.807) is 36.3 Å².